The summed E-state index contributed by atoms with van der Waals surface area (Å²) in [4.78, 5) is 3.88. The molecule has 6 aromatic rings. The van der Waals surface area contributed by atoms with Crippen molar-refractivity contribution in [3.63, 3.8) is 0 Å². The summed E-state index contributed by atoms with van der Waals surface area (Å²) >= 11 is 9.69. The first kappa shape index (κ1) is 48.7. The molecule has 0 saturated carbocycles. The van der Waals surface area contributed by atoms with Crippen molar-refractivity contribution in [2.24, 2.45) is 0 Å². The SMILES string of the molecule is CCCCCCC1(CCCCCC)c2cc(Br)ccc2-c2ccc(N(c3ccc(/C=C/c4cccs4)cc3)c3ccc4c(c3)C(CCCCCC)(CCCCCC)c3cc(Br)ccc3-4)cc21. The van der Waals surface area contributed by atoms with Gasteiger partial charge in [0.2, 0.25) is 0 Å². The molecule has 0 unspecified atom stereocenters. The van der Waals surface area contributed by atoms with Gasteiger partial charge in [-0.1, -0.05) is 211 Å². The zero-order chi connectivity index (χ0) is 45.9. The van der Waals surface area contributed by atoms with Gasteiger partial charge in [0.25, 0.3) is 0 Å². The van der Waals surface area contributed by atoms with Crippen molar-refractivity contribution in [3.8, 4) is 22.3 Å². The Hall–Kier alpha value is -3.70. The number of rotatable bonds is 25. The van der Waals surface area contributed by atoms with Crippen molar-refractivity contribution in [2.45, 2.75) is 167 Å². The minimum atomic E-state index is -0.0207. The quantitative estimate of drug-likeness (QED) is 0.0517. The van der Waals surface area contributed by atoms with E-state index in [1.54, 1.807) is 11.3 Å². The third-order valence-corrected chi connectivity index (χ3v) is 16.9. The van der Waals surface area contributed by atoms with Crippen LogP contribution in [0.1, 0.15) is 189 Å². The van der Waals surface area contributed by atoms with Gasteiger partial charge in [0.05, 0.1) is 0 Å². The van der Waals surface area contributed by atoms with E-state index >= 15 is 0 Å². The molecular weight excluding hydrogens is 951 g/mol. The van der Waals surface area contributed by atoms with Crippen LogP contribution in [-0.2, 0) is 10.8 Å². The Morgan fingerprint density at radius 3 is 1.21 bits per heavy atom. The molecule has 4 heteroatoms. The molecule has 0 atom stereocenters. The molecule has 0 N–H and O–H groups in total. The smallest absolute Gasteiger partial charge is 0.0465 e. The summed E-state index contributed by atoms with van der Waals surface area (Å²) in [6.07, 6.45) is 29.6. The summed E-state index contributed by atoms with van der Waals surface area (Å²) in [5, 5.41) is 2.15. The Balaban J connectivity index is 1.30. The van der Waals surface area contributed by atoms with Gasteiger partial charge >= 0.3 is 0 Å². The van der Waals surface area contributed by atoms with E-state index in [2.05, 4.69) is 191 Å². The molecule has 1 heterocycles. The molecule has 2 aliphatic carbocycles. The van der Waals surface area contributed by atoms with Crippen molar-refractivity contribution in [3.05, 3.63) is 156 Å². The zero-order valence-corrected chi connectivity index (χ0v) is 44.4. The van der Waals surface area contributed by atoms with E-state index in [1.165, 1.54) is 209 Å². The maximum absolute atomic E-state index is 3.95. The summed E-state index contributed by atoms with van der Waals surface area (Å²) in [6, 6.07) is 43.0. The largest absolute Gasteiger partial charge is 0.310 e. The number of unbranched alkanes of at least 4 members (excludes halogenated alkanes) is 12. The van der Waals surface area contributed by atoms with Crippen LogP contribution in [0.15, 0.2) is 124 Å². The number of nitrogens with zero attached hydrogens (tertiary/aromatic N) is 1. The highest BCUT2D eigenvalue weighted by molar-refractivity contribution is 9.10. The first-order chi connectivity index (χ1) is 32.4. The van der Waals surface area contributed by atoms with Crippen LogP contribution in [0.2, 0.25) is 0 Å². The van der Waals surface area contributed by atoms with E-state index in [4.69, 9.17) is 0 Å². The summed E-state index contributed by atoms with van der Waals surface area (Å²) in [5.74, 6) is 0. The molecule has 8 rings (SSSR count). The van der Waals surface area contributed by atoms with Crippen molar-refractivity contribution in [1.82, 2.24) is 0 Å². The average Bonchev–Trinajstić information content (AvgIpc) is 4.02. The van der Waals surface area contributed by atoms with Gasteiger partial charge in [-0.15, -0.1) is 11.3 Å². The molecule has 0 saturated heterocycles. The van der Waals surface area contributed by atoms with E-state index < -0.39 is 0 Å². The summed E-state index contributed by atoms with van der Waals surface area (Å²) in [6.45, 7) is 9.35. The van der Waals surface area contributed by atoms with Gasteiger partial charge in [-0.3, -0.25) is 0 Å². The number of hydrogen-bond donors (Lipinski definition) is 0. The summed E-state index contributed by atoms with van der Waals surface area (Å²) < 4.78 is 2.38. The van der Waals surface area contributed by atoms with Crippen LogP contribution in [0.3, 0.4) is 0 Å². The van der Waals surface area contributed by atoms with Crippen LogP contribution >= 0.6 is 43.2 Å². The van der Waals surface area contributed by atoms with Gasteiger partial charge in [-0.05, 0) is 154 Å². The number of halogens is 2. The third-order valence-electron chi connectivity index (χ3n) is 15.1. The minimum absolute atomic E-state index is 0.0207. The van der Waals surface area contributed by atoms with E-state index in [9.17, 15) is 0 Å². The van der Waals surface area contributed by atoms with Crippen molar-refractivity contribution >= 4 is 72.4 Å². The highest BCUT2D eigenvalue weighted by Crippen LogP contribution is 2.58. The second-order valence-electron chi connectivity index (χ2n) is 19.5. The van der Waals surface area contributed by atoms with Gasteiger partial charge in [0.1, 0.15) is 0 Å². The maximum Gasteiger partial charge on any atom is 0.0465 e. The van der Waals surface area contributed by atoms with E-state index in [0.717, 1.165) is 0 Å². The summed E-state index contributed by atoms with van der Waals surface area (Å²) in [5.41, 5.74) is 16.7. The van der Waals surface area contributed by atoms with Crippen LogP contribution in [0.5, 0.6) is 0 Å². The van der Waals surface area contributed by atoms with Gasteiger partial charge < -0.3 is 4.90 Å². The number of thiophene rings is 1. The lowest BCUT2D eigenvalue weighted by atomic mass is 9.70. The standard InChI is InChI=1S/C62H73Br2NS/c1-5-9-13-17-37-61(38-18-14-10-6-2)57-42-47(63)26-33-53(57)55-35-30-50(44-59(55)61)65(49-28-23-46(24-29-49)25-32-52-22-21-41-66-52)51-31-36-56-54-34-27-48(64)43-58(54)62(60(56)45-51,39-19-15-11-7-3)40-20-16-12-8-4/h21-36,41-45H,5-20,37-40H2,1-4H3/b32-25+. The fraction of sp³-hybridized carbons (Fsp3) is 0.419. The Morgan fingerprint density at radius 1 is 0.424 bits per heavy atom. The maximum atomic E-state index is 3.95. The Morgan fingerprint density at radius 2 is 0.818 bits per heavy atom. The molecule has 0 aliphatic heterocycles. The lowest BCUT2D eigenvalue weighted by Crippen LogP contribution is -2.26. The number of fused-ring (bicyclic) bond motifs is 6. The van der Waals surface area contributed by atoms with Crippen molar-refractivity contribution in [1.29, 1.82) is 0 Å². The second kappa shape index (κ2) is 23.1. The summed E-state index contributed by atoms with van der Waals surface area (Å²) in [7, 11) is 0. The molecule has 0 radical (unpaired) electrons. The van der Waals surface area contributed by atoms with Gasteiger partial charge in [-0.25, -0.2) is 0 Å². The third kappa shape index (κ3) is 10.5. The van der Waals surface area contributed by atoms with Crippen molar-refractivity contribution in [2.75, 3.05) is 4.90 Å². The Kier molecular flexibility index (Phi) is 17.0. The number of hydrogen-bond acceptors (Lipinski definition) is 2. The van der Waals surface area contributed by atoms with Gasteiger partial charge in [0.15, 0.2) is 0 Å². The zero-order valence-electron chi connectivity index (χ0n) is 40.4. The Labute approximate surface area is 419 Å². The lowest BCUT2D eigenvalue weighted by molar-refractivity contribution is 0.401. The normalized spacial score (nSPS) is 14.1. The van der Waals surface area contributed by atoms with E-state index in [0.29, 0.717) is 0 Å². The molecular formula is C62H73Br2NS. The highest BCUT2D eigenvalue weighted by Gasteiger charge is 2.44. The van der Waals surface area contributed by atoms with Crippen LogP contribution < -0.4 is 4.90 Å². The molecule has 1 nitrogen and oxygen atoms in total. The number of benzene rings is 5. The predicted octanol–water partition coefficient (Wildman–Crippen LogP) is 21.3. The molecule has 2 aliphatic rings. The molecule has 0 fully saturated rings. The van der Waals surface area contributed by atoms with E-state index in [-0.39, 0.29) is 10.8 Å². The fourth-order valence-electron chi connectivity index (χ4n) is 11.7. The highest BCUT2D eigenvalue weighted by atomic mass is 79.9. The fourth-order valence-corrected chi connectivity index (χ4v) is 13.0. The molecule has 0 spiro atoms. The average molecular weight is 1020 g/mol. The van der Waals surface area contributed by atoms with Crippen LogP contribution in [-0.4, -0.2) is 0 Å². The number of anilines is 3. The molecule has 0 amide bonds. The Bertz CT molecular complexity index is 2370. The minimum Gasteiger partial charge on any atom is -0.310 e. The molecule has 0 bridgehead atoms. The molecule has 5 aromatic carbocycles. The molecule has 346 valence electrons. The van der Waals surface area contributed by atoms with E-state index in [1.807, 2.05) is 0 Å². The van der Waals surface area contributed by atoms with Crippen LogP contribution in [0, 0.1) is 0 Å². The van der Waals surface area contributed by atoms with Crippen molar-refractivity contribution < 1.29 is 0 Å². The second-order valence-corrected chi connectivity index (χ2v) is 22.3. The monoisotopic (exact) mass is 1020 g/mol. The van der Waals surface area contributed by atoms with Crippen LogP contribution in [0.25, 0.3) is 34.4 Å². The molecule has 1 aromatic heterocycles. The lowest BCUT2D eigenvalue weighted by Gasteiger charge is -2.35. The predicted molar refractivity (Wildman–Crippen MR) is 297 cm³/mol. The van der Waals surface area contributed by atoms with Gasteiger partial charge in [0, 0.05) is 41.7 Å². The topological polar surface area (TPSA) is 3.24 Å². The van der Waals surface area contributed by atoms with Gasteiger partial charge in [-0.2, -0.15) is 0 Å². The van der Waals surface area contributed by atoms with Crippen LogP contribution in [0.4, 0.5) is 17.1 Å². The molecule has 66 heavy (non-hydrogen) atoms. The first-order valence-electron chi connectivity index (χ1n) is 25.9. The first-order valence-corrected chi connectivity index (χ1v) is 28.3.